The molecule has 0 saturated carbocycles. The molecule has 0 fully saturated rings. The summed E-state index contributed by atoms with van der Waals surface area (Å²) in [4.78, 5) is 42.7. The van der Waals surface area contributed by atoms with Crippen LogP contribution in [-0.4, -0.2) is 52.3 Å². The van der Waals surface area contributed by atoms with Crippen molar-refractivity contribution in [3.05, 3.63) is 129 Å². The Morgan fingerprint density at radius 3 is 2.14 bits per heavy atom. The first kappa shape index (κ1) is 29.4. The van der Waals surface area contributed by atoms with Crippen LogP contribution in [-0.2, 0) is 24.2 Å². The molecule has 0 aliphatic carbocycles. The highest BCUT2D eigenvalue weighted by Crippen LogP contribution is 2.31. The molecule has 1 N–H and O–H groups in total. The normalized spacial score (nSPS) is 12.5. The maximum absolute atomic E-state index is 14.0. The lowest BCUT2D eigenvalue weighted by Crippen LogP contribution is -2.36. The number of carbonyl (C=O) groups is 3. The number of carboxylic acid groups (broad SMARTS) is 1. The Bertz CT molecular complexity index is 1640. The van der Waals surface area contributed by atoms with Gasteiger partial charge in [-0.2, -0.15) is 0 Å². The number of aliphatic carboxylic acids is 1. The zero-order valence-corrected chi connectivity index (χ0v) is 24.4. The van der Waals surface area contributed by atoms with Gasteiger partial charge in [0, 0.05) is 47.4 Å². The van der Waals surface area contributed by atoms with Gasteiger partial charge in [0.05, 0.1) is 6.42 Å². The van der Waals surface area contributed by atoms with Crippen LogP contribution in [0.5, 0.6) is 0 Å². The minimum atomic E-state index is -0.996. The molecule has 0 saturated heterocycles. The molecule has 214 valence electrons. The van der Waals surface area contributed by atoms with E-state index < -0.39 is 5.97 Å². The van der Waals surface area contributed by atoms with Crippen LogP contribution in [0.2, 0.25) is 10.0 Å². The molecule has 0 aromatic heterocycles. The summed E-state index contributed by atoms with van der Waals surface area (Å²) in [6.07, 6.45) is 1.01. The lowest BCUT2D eigenvalue weighted by atomic mass is 9.93. The fraction of sp³-hybridized carbons (Fsp3) is 0.206. The summed E-state index contributed by atoms with van der Waals surface area (Å²) in [5, 5.41) is 10.4. The van der Waals surface area contributed by atoms with Crippen molar-refractivity contribution in [1.29, 1.82) is 0 Å². The van der Waals surface area contributed by atoms with Crippen LogP contribution < -0.4 is 0 Å². The zero-order chi connectivity index (χ0) is 29.6. The van der Waals surface area contributed by atoms with Crippen molar-refractivity contribution in [2.75, 3.05) is 19.6 Å². The predicted octanol–water partition coefficient (Wildman–Crippen LogP) is 7.02. The summed E-state index contributed by atoms with van der Waals surface area (Å²) in [6.45, 7) is 1.43. The number of benzene rings is 4. The zero-order valence-electron chi connectivity index (χ0n) is 22.9. The van der Waals surface area contributed by atoms with Crippen molar-refractivity contribution in [3.63, 3.8) is 0 Å². The monoisotopic (exact) mass is 600 g/mol. The van der Waals surface area contributed by atoms with E-state index in [9.17, 15) is 19.5 Å². The minimum Gasteiger partial charge on any atom is -0.481 e. The minimum absolute atomic E-state index is 0.0292. The van der Waals surface area contributed by atoms with Crippen molar-refractivity contribution < 1.29 is 19.5 Å². The summed E-state index contributed by atoms with van der Waals surface area (Å²) < 4.78 is 0. The Morgan fingerprint density at radius 2 is 1.43 bits per heavy atom. The highest BCUT2D eigenvalue weighted by Gasteiger charge is 2.26. The molecule has 6 nitrogen and oxygen atoms in total. The van der Waals surface area contributed by atoms with E-state index in [-0.39, 0.29) is 31.3 Å². The van der Waals surface area contributed by atoms with Crippen molar-refractivity contribution in [3.8, 4) is 11.1 Å². The third-order valence-electron chi connectivity index (χ3n) is 7.57. The van der Waals surface area contributed by atoms with Gasteiger partial charge >= 0.3 is 5.97 Å². The number of carbonyl (C=O) groups excluding carboxylic acids is 2. The molecule has 0 radical (unpaired) electrons. The molecule has 0 bridgehead atoms. The lowest BCUT2D eigenvalue weighted by Gasteiger charge is -2.30. The van der Waals surface area contributed by atoms with Crippen LogP contribution in [0.1, 0.15) is 43.8 Å². The number of carboxylic acids is 1. The molecular weight excluding hydrogens is 571 g/mol. The van der Waals surface area contributed by atoms with Crippen LogP contribution in [0.3, 0.4) is 0 Å². The van der Waals surface area contributed by atoms with Gasteiger partial charge in [-0.3, -0.25) is 14.4 Å². The Balaban J connectivity index is 1.44. The van der Waals surface area contributed by atoms with E-state index in [1.54, 1.807) is 36.4 Å². The third kappa shape index (κ3) is 6.67. The van der Waals surface area contributed by atoms with Gasteiger partial charge in [-0.1, -0.05) is 89.9 Å². The van der Waals surface area contributed by atoms with Crippen LogP contribution in [0.4, 0.5) is 0 Å². The second kappa shape index (κ2) is 13.2. The molecule has 0 spiro atoms. The maximum atomic E-state index is 14.0. The van der Waals surface area contributed by atoms with Gasteiger partial charge in [0.2, 0.25) is 0 Å². The maximum Gasteiger partial charge on any atom is 0.305 e. The first-order valence-electron chi connectivity index (χ1n) is 13.8. The van der Waals surface area contributed by atoms with E-state index in [4.69, 9.17) is 23.2 Å². The van der Waals surface area contributed by atoms with Crippen molar-refractivity contribution in [1.82, 2.24) is 9.80 Å². The Kier molecular flexibility index (Phi) is 9.25. The number of fused-ring (bicyclic) bond motifs is 1. The number of hydrogen-bond donors (Lipinski definition) is 1. The number of nitrogens with zero attached hydrogens (tertiary/aromatic N) is 2. The molecule has 1 aliphatic heterocycles. The quantitative estimate of drug-likeness (QED) is 0.224. The number of halogens is 2. The molecule has 0 unspecified atom stereocenters. The molecule has 0 atom stereocenters. The van der Waals surface area contributed by atoms with Gasteiger partial charge in [0.1, 0.15) is 0 Å². The first-order valence-corrected chi connectivity index (χ1v) is 14.6. The number of rotatable bonds is 9. The Morgan fingerprint density at radius 1 is 0.786 bits per heavy atom. The molecule has 4 aromatic carbocycles. The van der Waals surface area contributed by atoms with E-state index in [0.29, 0.717) is 51.8 Å². The fourth-order valence-electron chi connectivity index (χ4n) is 5.34. The highest BCUT2D eigenvalue weighted by molar-refractivity contribution is 6.35. The fourth-order valence-corrected chi connectivity index (χ4v) is 5.85. The van der Waals surface area contributed by atoms with E-state index in [0.717, 1.165) is 17.5 Å². The van der Waals surface area contributed by atoms with E-state index in [1.807, 2.05) is 47.4 Å². The van der Waals surface area contributed by atoms with Crippen LogP contribution in [0, 0.1) is 0 Å². The first-order chi connectivity index (χ1) is 20.3. The standard InChI is InChI=1S/C34H30Cl2N2O4/c35-26-14-13-24(31(36)21-26)16-18-37(20-17-32(39)40)33(41)29-11-5-3-9-27(29)28-10-4-6-12-30(28)34(42)38-19-15-23-7-1-2-8-25(23)22-38/h1-14,21H,15-20,22H2,(H,39,40). The van der Waals surface area contributed by atoms with Gasteiger partial charge in [-0.15, -0.1) is 0 Å². The summed E-state index contributed by atoms with van der Waals surface area (Å²) in [5.74, 6) is -1.40. The van der Waals surface area contributed by atoms with Crippen molar-refractivity contribution >= 4 is 41.0 Å². The molecular formula is C34H30Cl2N2O4. The lowest BCUT2D eigenvalue weighted by molar-refractivity contribution is -0.137. The molecule has 4 aromatic rings. The highest BCUT2D eigenvalue weighted by atomic mass is 35.5. The molecule has 2 amide bonds. The van der Waals surface area contributed by atoms with Gasteiger partial charge in [0.15, 0.2) is 0 Å². The summed E-state index contributed by atoms with van der Waals surface area (Å²) >= 11 is 12.4. The number of amides is 2. The Hall–Kier alpha value is -4.13. The summed E-state index contributed by atoms with van der Waals surface area (Å²) in [6, 6.07) is 27.8. The smallest absolute Gasteiger partial charge is 0.305 e. The molecule has 8 heteroatoms. The van der Waals surface area contributed by atoms with Gasteiger partial charge < -0.3 is 14.9 Å². The average Bonchev–Trinajstić information content (AvgIpc) is 3.01. The van der Waals surface area contributed by atoms with Gasteiger partial charge in [-0.25, -0.2) is 0 Å². The van der Waals surface area contributed by atoms with Crippen molar-refractivity contribution in [2.24, 2.45) is 0 Å². The van der Waals surface area contributed by atoms with Gasteiger partial charge in [-0.05, 0) is 64.9 Å². The van der Waals surface area contributed by atoms with Crippen LogP contribution in [0.15, 0.2) is 91.0 Å². The second-order valence-electron chi connectivity index (χ2n) is 10.3. The average molecular weight is 602 g/mol. The molecule has 1 heterocycles. The molecule has 5 rings (SSSR count). The van der Waals surface area contributed by atoms with Crippen LogP contribution >= 0.6 is 23.2 Å². The van der Waals surface area contributed by atoms with E-state index in [1.165, 1.54) is 10.5 Å². The van der Waals surface area contributed by atoms with Crippen molar-refractivity contribution in [2.45, 2.75) is 25.8 Å². The SMILES string of the molecule is O=C(O)CCN(CCc1ccc(Cl)cc1Cl)C(=O)c1ccccc1-c1ccccc1C(=O)N1CCc2ccccc2C1. The summed E-state index contributed by atoms with van der Waals surface area (Å²) in [5.41, 5.74) is 5.39. The largest absolute Gasteiger partial charge is 0.481 e. The van der Waals surface area contributed by atoms with Crippen LogP contribution in [0.25, 0.3) is 11.1 Å². The van der Waals surface area contributed by atoms with E-state index in [2.05, 4.69) is 12.1 Å². The molecule has 1 aliphatic rings. The molecule has 42 heavy (non-hydrogen) atoms. The predicted molar refractivity (Wildman–Crippen MR) is 165 cm³/mol. The Labute approximate surface area is 255 Å². The van der Waals surface area contributed by atoms with Gasteiger partial charge in [0.25, 0.3) is 11.8 Å². The topological polar surface area (TPSA) is 77.9 Å². The number of hydrogen-bond acceptors (Lipinski definition) is 3. The second-order valence-corrected chi connectivity index (χ2v) is 11.1. The summed E-state index contributed by atoms with van der Waals surface area (Å²) in [7, 11) is 0. The van der Waals surface area contributed by atoms with E-state index >= 15 is 0 Å². The third-order valence-corrected chi connectivity index (χ3v) is 8.16.